The number of ether oxygens (including phenoxy) is 3. The van der Waals surface area contributed by atoms with Gasteiger partial charge in [0, 0.05) is 19.3 Å². The molecule has 0 fully saturated rings. The first kappa shape index (κ1) is 89.5. The standard InChI is InChI=1S/C75H132O16P2/c1-4-7-10-13-16-19-22-24-26-28-30-32-33-34-35-37-39-40-42-44-47-49-52-55-58-61-73(78)85-64-70(76)65-87-92(81,82)88-66-71(77)67-89-93(83,84)90-69-72(91-75(80)63-60-57-54-51-46-21-18-15-12-9-6-3)68-86-74(79)62-59-56-53-50-48-45-43-41-38-36-31-29-27-25-23-20-17-14-11-8-5-2/h16-17,19-20,24-27,30-32,34-36,41,43,70-72,76-77H,4-15,18,21-23,28-29,33,37-40,42,44-69H2,1-3H3,(H,81,82)(H,83,84)/b19-16-,20-17-,26-24-,27-25-,32-30-,35-34-,36-31-,43-41-. The number of hydrogen-bond acceptors (Lipinski definition) is 14. The lowest BCUT2D eigenvalue weighted by Gasteiger charge is -2.21. The summed E-state index contributed by atoms with van der Waals surface area (Å²) < 4.78 is 60.9. The van der Waals surface area contributed by atoms with Gasteiger partial charge in [-0.2, -0.15) is 0 Å². The predicted molar refractivity (Wildman–Crippen MR) is 381 cm³/mol. The fourth-order valence-corrected chi connectivity index (χ4v) is 11.2. The van der Waals surface area contributed by atoms with Gasteiger partial charge in [-0.05, 0) is 109 Å². The third kappa shape index (κ3) is 69.6. The molecule has 4 N–H and O–H groups in total. The highest BCUT2D eigenvalue weighted by molar-refractivity contribution is 7.47. The maximum absolute atomic E-state index is 12.9. The topological polar surface area (TPSA) is 231 Å². The summed E-state index contributed by atoms with van der Waals surface area (Å²) >= 11 is 0. The Bertz CT molecular complexity index is 2080. The number of phosphoric ester groups is 2. The summed E-state index contributed by atoms with van der Waals surface area (Å²) in [5.41, 5.74) is 0. The van der Waals surface area contributed by atoms with Crippen molar-refractivity contribution in [3.8, 4) is 0 Å². The van der Waals surface area contributed by atoms with E-state index in [0.29, 0.717) is 19.3 Å². The molecule has 0 aliphatic rings. The van der Waals surface area contributed by atoms with Gasteiger partial charge in [0.15, 0.2) is 6.10 Å². The van der Waals surface area contributed by atoms with Crippen LogP contribution >= 0.6 is 15.6 Å². The van der Waals surface area contributed by atoms with E-state index in [-0.39, 0.29) is 19.3 Å². The van der Waals surface area contributed by atoms with Crippen molar-refractivity contribution in [2.24, 2.45) is 0 Å². The Morgan fingerprint density at radius 1 is 0.301 bits per heavy atom. The Balaban J connectivity index is 4.53. The minimum Gasteiger partial charge on any atom is -0.463 e. The monoisotopic (exact) mass is 1350 g/mol. The molecule has 0 bridgehead atoms. The van der Waals surface area contributed by atoms with E-state index in [1.54, 1.807) is 0 Å². The zero-order chi connectivity index (χ0) is 68.1. The average Bonchev–Trinajstić information content (AvgIpc) is 3.64. The van der Waals surface area contributed by atoms with Crippen molar-refractivity contribution in [3.63, 3.8) is 0 Å². The van der Waals surface area contributed by atoms with Crippen LogP contribution in [0.25, 0.3) is 0 Å². The Morgan fingerprint density at radius 3 is 0.871 bits per heavy atom. The van der Waals surface area contributed by atoms with Crippen LogP contribution in [0.1, 0.15) is 303 Å². The van der Waals surface area contributed by atoms with Gasteiger partial charge in [-0.15, -0.1) is 0 Å². The molecule has 0 spiro atoms. The zero-order valence-electron chi connectivity index (χ0n) is 58.4. The van der Waals surface area contributed by atoms with Crippen molar-refractivity contribution in [2.45, 2.75) is 322 Å². The predicted octanol–water partition coefficient (Wildman–Crippen LogP) is 20.6. The molecule has 0 aromatic rings. The van der Waals surface area contributed by atoms with E-state index < -0.39 is 91.5 Å². The SMILES string of the molecule is CCCCC/C=C\C/C=C\C/C=C\C/C=C\CCCCCCCCCCCC(=O)OCC(O)COP(=O)(O)OCC(O)COP(=O)(O)OCC(COC(=O)CCCCCCC/C=C\C/C=C\C/C=C\C/C=C\CCCCC)OC(=O)CCCCCCCCCCCCC. The lowest BCUT2D eigenvalue weighted by Crippen LogP contribution is -2.30. The van der Waals surface area contributed by atoms with E-state index in [0.717, 1.165) is 128 Å². The van der Waals surface area contributed by atoms with E-state index in [1.807, 2.05) is 0 Å². The van der Waals surface area contributed by atoms with Crippen LogP contribution in [0.15, 0.2) is 97.2 Å². The van der Waals surface area contributed by atoms with Gasteiger partial charge in [0.1, 0.15) is 25.4 Å². The number of unbranched alkanes of at least 4 members (excludes halogenated alkanes) is 30. The molecule has 18 heteroatoms. The summed E-state index contributed by atoms with van der Waals surface area (Å²) in [5, 5.41) is 20.6. The van der Waals surface area contributed by atoms with E-state index in [4.69, 9.17) is 32.3 Å². The summed E-state index contributed by atoms with van der Waals surface area (Å²) in [5.74, 6) is -1.59. The van der Waals surface area contributed by atoms with Gasteiger partial charge in [0.25, 0.3) is 0 Å². The van der Waals surface area contributed by atoms with Gasteiger partial charge in [-0.3, -0.25) is 32.5 Å². The van der Waals surface area contributed by atoms with Crippen LogP contribution in [0.4, 0.5) is 0 Å². The Labute approximate surface area is 565 Å². The van der Waals surface area contributed by atoms with Crippen molar-refractivity contribution in [2.75, 3.05) is 39.6 Å². The molecule has 5 unspecified atom stereocenters. The Morgan fingerprint density at radius 2 is 0.538 bits per heavy atom. The number of phosphoric acid groups is 2. The molecule has 5 atom stereocenters. The van der Waals surface area contributed by atoms with Crippen molar-refractivity contribution in [1.82, 2.24) is 0 Å². The maximum atomic E-state index is 12.9. The fourth-order valence-electron chi connectivity index (χ4n) is 9.66. The van der Waals surface area contributed by atoms with Crippen molar-refractivity contribution in [3.05, 3.63) is 97.2 Å². The minimum absolute atomic E-state index is 0.102. The van der Waals surface area contributed by atoms with Crippen molar-refractivity contribution >= 4 is 33.6 Å². The van der Waals surface area contributed by atoms with Gasteiger partial charge in [-0.25, -0.2) is 9.13 Å². The largest absolute Gasteiger partial charge is 0.472 e. The Kier molecular flexibility index (Phi) is 65.8. The zero-order valence-corrected chi connectivity index (χ0v) is 60.2. The first-order valence-electron chi connectivity index (χ1n) is 36.5. The number of carbonyl (C=O) groups is 3. The average molecular weight is 1350 g/mol. The van der Waals surface area contributed by atoms with Crippen LogP contribution in [-0.4, -0.2) is 95.9 Å². The quantitative estimate of drug-likeness (QED) is 0.0146. The summed E-state index contributed by atoms with van der Waals surface area (Å²) in [6.45, 7) is 2.59. The molecule has 0 rings (SSSR count). The minimum atomic E-state index is -4.93. The molecule has 0 aliphatic carbocycles. The molecule has 0 heterocycles. The third-order valence-electron chi connectivity index (χ3n) is 15.3. The molecule has 538 valence electrons. The molecule has 0 amide bonds. The Hall–Kier alpha value is -3.53. The van der Waals surface area contributed by atoms with Crippen LogP contribution in [0.3, 0.4) is 0 Å². The molecule has 0 saturated carbocycles. The number of aliphatic hydroxyl groups is 2. The number of hydrogen-bond donors (Lipinski definition) is 4. The molecule has 16 nitrogen and oxygen atoms in total. The van der Waals surface area contributed by atoms with Crippen LogP contribution in [-0.2, 0) is 55.8 Å². The number of esters is 3. The summed E-state index contributed by atoms with van der Waals surface area (Å²) in [6, 6.07) is 0. The molecule has 0 radical (unpaired) electrons. The molecular weight excluding hydrogens is 1220 g/mol. The third-order valence-corrected chi connectivity index (χ3v) is 17.2. The van der Waals surface area contributed by atoms with Crippen molar-refractivity contribution in [1.29, 1.82) is 0 Å². The summed E-state index contributed by atoms with van der Waals surface area (Å²) in [7, 11) is -9.78. The smallest absolute Gasteiger partial charge is 0.463 e. The maximum Gasteiger partial charge on any atom is 0.472 e. The van der Waals surface area contributed by atoms with Crippen LogP contribution in [0, 0.1) is 0 Å². The molecule has 0 aromatic carbocycles. The molecule has 0 aliphatic heterocycles. The van der Waals surface area contributed by atoms with E-state index in [9.17, 15) is 43.5 Å². The first-order chi connectivity index (χ1) is 45.2. The van der Waals surface area contributed by atoms with Gasteiger partial charge < -0.3 is 34.2 Å². The normalized spacial score (nSPS) is 14.7. The van der Waals surface area contributed by atoms with E-state index in [1.165, 1.54) is 116 Å². The highest BCUT2D eigenvalue weighted by Gasteiger charge is 2.29. The highest BCUT2D eigenvalue weighted by Crippen LogP contribution is 2.45. The van der Waals surface area contributed by atoms with Gasteiger partial charge in [0.05, 0.1) is 26.4 Å². The van der Waals surface area contributed by atoms with Gasteiger partial charge >= 0.3 is 33.6 Å². The number of rotatable bonds is 69. The van der Waals surface area contributed by atoms with Crippen molar-refractivity contribution < 1.29 is 75.8 Å². The molecular formula is C75H132O16P2. The summed E-state index contributed by atoms with van der Waals surface area (Å²) in [6.07, 6.45) is 76.0. The van der Waals surface area contributed by atoms with Crippen LogP contribution < -0.4 is 0 Å². The number of allylic oxidation sites excluding steroid dienone is 16. The first-order valence-corrected chi connectivity index (χ1v) is 39.5. The second kappa shape index (κ2) is 68.4. The van der Waals surface area contributed by atoms with Gasteiger partial charge in [-0.1, -0.05) is 272 Å². The number of carbonyl (C=O) groups excluding carboxylic acids is 3. The van der Waals surface area contributed by atoms with Crippen LogP contribution in [0.2, 0.25) is 0 Å². The second-order valence-electron chi connectivity index (χ2n) is 24.4. The lowest BCUT2D eigenvalue weighted by atomic mass is 10.1. The summed E-state index contributed by atoms with van der Waals surface area (Å²) in [4.78, 5) is 58.4. The molecule has 0 aromatic heterocycles. The number of aliphatic hydroxyl groups excluding tert-OH is 2. The second-order valence-corrected chi connectivity index (χ2v) is 27.3. The van der Waals surface area contributed by atoms with Gasteiger partial charge in [0.2, 0.25) is 0 Å². The van der Waals surface area contributed by atoms with E-state index >= 15 is 0 Å². The lowest BCUT2D eigenvalue weighted by molar-refractivity contribution is -0.161. The fraction of sp³-hybridized carbons (Fsp3) is 0.747. The molecule has 93 heavy (non-hydrogen) atoms. The van der Waals surface area contributed by atoms with Crippen LogP contribution in [0.5, 0.6) is 0 Å². The van der Waals surface area contributed by atoms with E-state index in [2.05, 4.69) is 118 Å². The molecule has 0 saturated heterocycles. The highest BCUT2D eigenvalue weighted by atomic mass is 31.2.